The summed E-state index contributed by atoms with van der Waals surface area (Å²) in [6.45, 7) is 5.96. The van der Waals surface area contributed by atoms with Crippen molar-refractivity contribution in [2.45, 2.75) is 51.4 Å². The van der Waals surface area contributed by atoms with Gasteiger partial charge in [-0.3, -0.25) is 9.36 Å². The van der Waals surface area contributed by atoms with Gasteiger partial charge in [0.2, 0.25) is 5.82 Å². The molecule has 0 spiro atoms. The van der Waals surface area contributed by atoms with Crippen LogP contribution in [0.2, 0.25) is 0 Å². The first kappa shape index (κ1) is 20.7. The van der Waals surface area contributed by atoms with E-state index in [1.54, 1.807) is 13.0 Å². The number of benzene rings is 1. The van der Waals surface area contributed by atoms with Gasteiger partial charge in [-0.05, 0) is 61.8 Å². The van der Waals surface area contributed by atoms with Gasteiger partial charge in [0.25, 0.3) is 0 Å². The molecular weight excluding hydrogens is 391 g/mol. The van der Waals surface area contributed by atoms with Crippen LogP contribution in [0.25, 0.3) is 5.69 Å². The number of aromatic nitrogens is 3. The van der Waals surface area contributed by atoms with Crippen molar-refractivity contribution in [3.63, 3.8) is 0 Å². The Bertz CT molecular complexity index is 880. The van der Waals surface area contributed by atoms with Gasteiger partial charge in [-0.2, -0.15) is 13.2 Å². The van der Waals surface area contributed by atoms with Crippen LogP contribution >= 0.6 is 11.8 Å². The normalized spacial score (nSPS) is 16.7. The summed E-state index contributed by atoms with van der Waals surface area (Å²) in [6, 6.07) is 3.53. The molecule has 5 nitrogen and oxygen atoms in total. The fourth-order valence-corrected chi connectivity index (χ4v) is 4.26. The highest BCUT2D eigenvalue weighted by Crippen LogP contribution is 2.38. The standard InChI is InChI=1S/C19H22F3N3O2S/c1-4-27-16(26)10-28-18-24-23-17(19(20,21)22)25(18)15-8-6-12(3)13-7-5-11(2)9-14(13)15/h6,8,11H,4-5,7,9-10H2,1-3H3. The van der Waals surface area contributed by atoms with E-state index in [1.807, 2.05) is 13.0 Å². The molecular formula is C19H22F3N3O2S. The van der Waals surface area contributed by atoms with Crippen molar-refractivity contribution in [2.75, 3.05) is 12.4 Å². The smallest absolute Gasteiger partial charge is 0.452 e. The van der Waals surface area contributed by atoms with E-state index in [4.69, 9.17) is 4.74 Å². The third kappa shape index (κ3) is 4.19. The van der Waals surface area contributed by atoms with Crippen LogP contribution in [0, 0.1) is 12.8 Å². The molecule has 28 heavy (non-hydrogen) atoms. The maximum atomic E-state index is 13.6. The molecule has 1 aromatic heterocycles. The van der Waals surface area contributed by atoms with Gasteiger partial charge in [-0.1, -0.05) is 24.8 Å². The molecule has 0 amide bonds. The Hall–Kier alpha value is -2.03. The Kier molecular flexibility index (Phi) is 6.02. The van der Waals surface area contributed by atoms with Crippen molar-refractivity contribution in [3.8, 4) is 5.69 Å². The van der Waals surface area contributed by atoms with Crippen molar-refractivity contribution >= 4 is 17.7 Å². The van der Waals surface area contributed by atoms with Crippen LogP contribution in [0.1, 0.15) is 42.8 Å². The lowest BCUT2D eigenvalue weighted by Gasteiger charge is -2.27. The largest absolute Gasteiger partial charge is 0.465 e. The molecule has 3 rings (SSSR count). The zero-order valence-electron chi connectivity index (χ0n) is 16.0. The highest BCUT2D eigenvalue weighted by atomic mass is 32.2. The third-order valence-corrected chi connectivity index (χ3v) is 5.74. The molecule has 1 aliphatic rings. The second kappa shape index (κ2) is 8.14. The fraction of sp³-hybridized carbons (Fsp3) is 0.526. The minimum atomic E-state index is -4.66. The molecule has 0 radical (unpaired) electrons. The highest BCUT2D eigenvalue weighted by Gasteiger charge is 2.40. The van der Waals surface area contributed by atoms with Gasteiger partial charge in [-0.15, -0.1) is 10.2 Å². The van der Waals surface area contributed by atoms with E-state index in [2.05, 4.69) is 17.1 Å². The summed E-state index contributed by atoms with van der Waals surface area (Å²) in [5.41, 5.74) is 3.52. The molecule has 0 fully saturated rings. The van der Waals surface area contributed by atoms with E-state index < -0.39 is 18.0 Å². The van der Waals surface area contributed by atoms with E-state index in [-0.39, 0.29) is 17.5 Å². The maximum absolute atomic E-state index is 13.6. The van der Waals surface area contributed by atoms with E-state index in [0.717, 1.165) is 45.9 Å². The second-order valence-electron chi connectivity index (χ2n) is 6.94. The first-order valence-corrected chi connectivity index (χ1v) is 10.1. The number of hydrogen-bond donors (Lipinski definition) is 0. The molecule has 0 bridgehead atoms. The van der Waals surface area contributed by atoms with Crippen LogP contribution in [0.15, 0.2) is 17.3 Å². The van der Waals surface area contributed by atoms with Crippen molar-refractivity contribution in [3.05, 3.63) is 34.6 Å². The van der Waals surface area contributed by atoms with Gasteiger partial charge in [0.15, 0.2) is 5.16 Å². The number of aryl methyl sites for hydroxylation is 1. The molecule has 0 saturated carbocycles. The maximum Gasteiger partial charge on any atom is 0.452 e. The van der Waals surface area contributed by atoms with Crippen LogP contribution in [-0.4, -0.2) is 33.1 Å². The zero-order valence-corrected chi connectivity index (χ0v) is 16.8. The summed E-state index contributed by atoms with van der Waals surface area (Å²) in [5, 5.41) is 7.15. The first-order valence-electron chi connectivity index (χ1n) is 9.15. The number of fused-ring (bicyclic) bond motifs is 1. The number of alkyl halides is 3. The van der Waals surface area contributed by atoms with Crippen molar-refractivity contribution in [1.82, 2.24) is 14.8 Å². The van der Waals surface area contributed by atoms with E-state index in [1.165, 1.54) is 0 Å². The molecule has 1 atom stereocenters. The van der Waals surface area contributed by atoms with Crippen LogP contribution in [0.5, 0.6) is 0 Å². The van der Waals surface area contributed by atoms with Crippen LogP contribution in [0.4, 0.5) is 13.2 Å². The molecule has 9 heteroatoms. The number of esters is 1. The van der Waals surface area contributed by atoms with Crippen LogP contribution < -0.4 is 0 Å². The van der Waals surface area contributed by atoms with Crippen molar-refractivity contribution in [2.24, 2.45) is 5.92 Å². The SMILES string of the molecule is CCOC(=O)CSc1nnc(C(F)(F)F)n1-c1ccc(C)c2c1CC(C)CC2. The number of nitrogens with zero attached hydrogens (tertiary/aromatic N) is 3. The summed E-state index contributed by atoms with van der Waals surface area (Å²) >= 11 is 0.897. The van der Waals surface area contributed by atoms with Crippen molar-refractivity contribution < 1.29 is 22.7 Å². The fourth-order valence-electron chi connectivity index (χ4n) is 3.51. The first-order chi connectivity index (χ1) is 13.2. The zero-order chi connectivity index (χ0) is 20.5. The van der Waals surface area contributed by atoms with E-state index in [0.29, 0.717) is 18.0 Å². The minimum absolute atomic E-state index is 0.0321. The number of halogens is 3. The van der Waals surface area contributed by atoms with E-state index in [9.17, 15) is 18.0 Å². The molecule has 152 valence electrons. The molecule has 1 heterocycles. The Morgan fingerprint density at radius 1 is 1.32 bits per heavy atom. The average Bonchev–Trinajstić information content (AvgIpc) is 3.04. The summed E-state index contributed by atoms with van der Waals surface area (Å²) in [7, 11) is 0. The lowest BCUT2D eigenvalue weighted by Crippen LogP contribution is -2.20. The van der Waals surface area contributed by atoms with Gasteiger partial charge < -0.3 is 4.74 Å². The Labute approximate surface area is 165 Å². The summed E-state index contributed by atoms with van der Waals surface area (Å²) in [4.78, 5) is 11.7. The molecule has 1 aliphatic carbocycles. The molecule has 1 unspecified atom stereocenters. The number of thioether (sulfide) groups is 1. The molecule has 0 aliphatic heterocycles. The third-order valence-electron chi connectivity index (χ3n) is 4.83. The van der Waals surface area contributed by atoms with E-state index >= 15 is 0 Å². The summed E-state index contributed by atoms with van der Waals surface area (Å²) in [6.07, 6.45) is -2.11. The van der Waals surface area contributed by atoms with Crippen LogP contribution in [0.3, 0.4) is 0 Å². The lowest BCUT2D eigenvalue weighted by molar-refractivity contribution is -0.146. The monoisotopic (exact) mass is 413 g/mol. The van der Waals surface area contributed by atoms with Gasteiger partial charge in [0.05, 0.1) is 18.0 Å². The van der Waals surface area contributed by atoms with Gasteiger partial charge in [-0.25, -0.2) is 0 Å². The number of carbonyl (C=O) groups excluding carboxylic acids is 1. The second-order valence-corrected chi connectivity index (χ2v) is 7.88. The molecule has 2 aromatic rings. The Morgan fingerprint density at radius 3 is 2.75 bits per heavy atom. The van der Waals surface area contributed by atoms with Crippen LogP contribution in [-0.2, 0) is 28.5 Å². The minimum Gasteiger partial charge on any atom is -0.465 e. The Morgan fingerprint density at radius 2 is 2.07 bits per heavy atom. The predicted molar refractivity (Wildman–Crippen MR) is 99.6 cm³/mol. The van der Waals surface area contributed by atoms with Gasteiger partial charge in [0, 0.05) is 0 Å². The molecule has 0 N–H and O–H groups in total. The molecule has 1 aromatic carbocycles. The number of rotatable bonds is 5. The van der Waals surface area contributed by atoms with Gasteiger partial charge in [0.1, 0.15) is 0 Å². The topological polar surface area (TPSA) is 57.0 Å². The number of carbonyl (C=O) groups is 1. The highest BCUT2D eigenvalue weighted by molar-refractivity contribution is 7.99. The predicted octanol–water partition coefficient (Wildman–Crippen LogP) is 4.37. The number of ether oxygens (including phenoxy) is 1. The van der Waals surface area contributed by atoms with Crippen molar-refractivity contribution in [1.29, 1.82) is 0 Å². The van der Waals surface area contributed by atoms with Gasteiger partial charge >= 0.3 is 12.1 Å². The number of hydrogen-bond acceptors (Lipinski definition) is 5. The Balaban J connectivity index is 2.10. The quantitative estimate of drug-likeness (QED) is 0.538. The summed E-state index contributed by atoms with van der Waals surface area (Å²) in [5.74, 6) is -1.33. The lowest BCUT2D eigenvalue weighted by atomic mass is 9.82. The summed E-state index contributed by atoms with van der Waals surface area (Å²) < 4.78 is 46.8. The average molecular weight is 413 g/mol. The molecule has 0 saturated heterocycles.